The van der Waals surface area contributed by atoms with Crippen LogP contribution in [0.1, 0.15) is 32.1 Å². The van der Waals surface area contributed by atoms with Crippen molar-refractivity contribution in [3.8, 4) is 5.75 Å². The minimum Gasteiger partial charge on any atom is -0.495 e. The van der Waals surface area contributed by atoms with Crippen LogP contribution in [0.3, 0.4) is 0 Å². The maximum atomic E-state index is 13.1. The van der Waals surface area contributed by atoms with Gasteiger partial charge in [0.1, 0.15) is 5.75 Å². The highest BCUT2D eigenvalue weighted by molar-refractivity contribution is 6.31. The van der Waals surface area contributed by atoms with Gasteiger partial charge in [-0.05, 0) is 43.9 Å². The number of carbonyl (C=O) groups is 2. The van der Waals surface area contributed by atoms with Gasteiger partial charge < -0.3 is 19.9 Å². The van der Waals surface area contributed by atoms with Gasteiger partial charge in [-0.2, -0.15) is 0 Å². The average molecular weight is 392 g/mol. The van der Waals surface area contributed by atoms with Gasteiger partial charge in [-0.3, -0.25) is 9.59 Å². The van der Waals surface area contributed by atoms with Crippen molar-refractivity contribution in [1.82, 2.24) is 10.2 Å². The molecule has 3 aliphatic heterocycles. The monoisotopic (exact) mass is 391 g/mol. The van der Waals surface area contributed by atoms with Gasteiger partial charge in [0.2, 0.25) is 11.8 Å². The van der Waals surface area contributed by atoms with Gasteiger partial charge in [-0.25, -0.2) is 0 Å². The van der Waals surface area contributed by atoms with Gasteiger partial charge in [-0.1, -0.05) is 11.6 Å². The summed E-state index contributed by atoms with van der Waals surface area (Å²) in [6.07, 6.45) is 4.65. The first kappa shape index (κ1) is 18.6. The van der Waals surface area contributed by atoms with Crippen LogP contribution in [-0.2, 0) is 9.59 Å². The fourth-order valence-corrected chi connectivity index (χ4v) is 4.96. The Labute approximate surface area is 164 Å². The summed E-state index contributed by atoms with van der Waals surface area (Å²) in [6.45, 7) is 0.372. The summed E-state index contributed by atoms with van der Waals surface area (Å²) in [5.74, 6) is 0.272. The van der Waals surface area contributed by atoms with E-state index in [-0.39, 0.29) is 30.2 Å². The van der Waals surface area contributed by atoms with Gasteiger partial charge in [0.25, 0.3) is 0 Å². The van der Waals surface area contributed by atoms with E-state index in [1.54, 1.807) is 30.2 Å². The molecule has 0 aromatic heterocycles. The van der Waals surface area contributed by atoms with E-state index in [0.717, 1.165) is 12.8 Å². The van der Waals surface area contributed by atoms with Gasteiger partial charge in [-0.15, -0.1) is 0 Å². The zero-order valence-electron chi connectivity index (χ0n) is 15.8. The second-order valence-electron chi connectivity index (χ2n) is 7.93. The van der Waals surface area contributed by atoms with E-state index in [4.69, 9.17) is 16.3 Å². The summed E-state index contributed by atoms with van der Waals surface area (Å²) in [5, 5.41) is 4.15. The van der Waals surface area contributed by atoms with Crippen LogP contribution in [0.5, 0.6) is 5.75 Å². The zero-order valence-corrected chi connectivity index (χ0v) is 16.5. The number of rotatable bonds is 4. The van der Waals surface area contributed by atoms with Gasteiger partial charge in [0, 0.05) is 43.2 Å². The Hall–Kier alpha value is -1.79. The Morgan fingerprint density at radius 1 is 1.30 bits per heavy atom. The number of ether oxygens (including phenoxy) is 1. The first-order chi connectivity index (χ1) is 13.0. The molecule has 0 saturated carbocycles. The van der Waals surface area contributed by atoms with Crippen LogP contribution >= 0.6 is 11.6 Å². The van der Waals surface area contributed by atoms with E-state index >= 15 is 0 Å². The summed E-state index contributed by atoms with van der Waals surface area (Å²) in [4.78, 5) is 29.2. The molecule has 2 bridgehead atoms. The van der Waals surface area contributed by atoms with Crippen molar-refractivity contribution in [3.05, 3.63) is 23.2 Å². The molecule has 27 heavy (non-hydrogen) atoms. The summed E-state index contributed by atoms with van der Waals surface area (Å²) in [6, 6.07) is 6.52. The van der Waals surface area contributed by atoms with E-state index < -0.39 is 0 Å². The Balaban J connectivity index is 1.47. The molecular formula is C20H26ClN3O3. The minimum absolute atomic E-state index is 0.0623. The molecule has 0 radical (unpaired) electrons. The fraction of sp³-hybridized carbons (Fsp3) is 0.600. The highest BCUT2D eigenvalue weighted by atomic mass is 35.5. The Morgan fingerprint density at radius 3 is 2.67 bits per heavy atom. The second kappa shape index (κ2) is 7.32. The topological polar surface area (TPSA) is 61.9 Å². The summed E-state index contributed by atoms with van der Waals surface area (Å²) in [7, 11) is 3.46. The van der Waals surface area contributed by atoms with Crippen LogP contribution in [0, 0.1) is 5.92 Å². The largest absolute Gasteiger partial charge is 0.495 e. The second-order valence-corrected chi connectivity index (χ2v) is 8.37. The highest BCUT2D eigenvalue weighted by Gasteiger charge is 2.41. The third-order valence-electron chi connectivity index (χ3n) is 6.25. The van der Waals surface area contributed by atoms with Crippen LogP contribution in [0.25, 0.3) is 0 Å². The SMILES string of the molecule is COc1ccc(Cl)cc1N1CC(C(=O)N(C)C2CC3CCC(C2)N3)CC1=O. The highest BCUT2D eigenvalue weighted by Crippen LogP contribution is 2.36. The van der Waals surface area contributed by atoms with E-state index in [1.807, 2.05) is 11.9 Å². The Morgan fingerprint density at radius 2 is 2.00 bits per heavy atom. The summed E-state index contributed by atoms with van der Waals surface area (Å²) < 4.78 is 5.38. The number of benzene rings is 1. The summed E-state index contributed by atoms with van der Waals surface area (Å²) in [5.41, 5.74) is 0.632. The van der Waals surface area contributed by atoms with Crippen molar-refractivity contribution >= 4 is 29.1 Å². The molecule has 4 rings (SSSR count). The lowest BCUT2D eigenvalue weighted by molar-refractivity contribution is -0.137. The zero-order chi connectivity index (χ0) is 19.1. The maximum absolute atomic E-state index is 13.1. The van der Waals surface area contributed by atoms with Gasteiger partial charge in [0.05, 0.1) is 18.7 Å². The first-order valence-corrected chi connectivity index (χ1v) is 10.0. The number of hydrogen-bond donors (Lipinski definition) is 1. The molecule has 3 unspecified atom stereocenters. The molecule has 0 aliphatic carbocycles. The fourth-order valence-electron chi connectivity index (χ4n) is 4.79. The van der Waals surface area contributed by atoms with E-state index in [0.29, 0.717) is 35.1 Å². The van der Waals surface area contributed by atoms with Crippen LogP contribution in [0.15, 0.2) is 18.2 Å². The molecule has 2 amide bonds. The smallest absolute Gasteiger partial charge is 0.228 e. The molecule has 1 N–H and O–H groups in total. The van der Waals surface area contributed by atoms with Crippen LogP contribution in [0.4, 0.5) is 5.69 Å². The van der Waals surface area contributed by atoms with Crippen LogP contribution in [-0.4, -0.2) is 55.5 Å². The molecule has 3 saturated heterocycles. The van der Waals surface area contributed by atoms with Crippen LogP contribution < -0.4 is 15.0 Å². The van der Waals surface area contributed by atoms with Crippen molar-refractivity contribution in [2.24, 2.45) is 5.92 Å². The van der Waals surface area contributed by atoms with Gasteiger partial charge in [0.15, 0.2) is 0 Å². The number of hydrogen-bond acceptors (Lipinski definition) is 4. The van der Waals surface area contributed by atoms with Gasteiger partial charge >= 0.3 is 0 Å². The van der Waals surface area contributed by atoms with Crippen molar-refractivity contribution in [3.63, 3.8) is 0 Å². The molecule has 0 spiro atoms. The number of nitrogens with zero attached hydrogens (tertiary/aromatic N) is 2. The molecule has 3 atom stereocenters. The number of halogens is 1. The van der Waals surface area contributed by atoms with Crippen molar-refractivity contribution in [2.75, 3.05) is 25.6 Å². The van der Waals surface area contributed by atoms with E-state index in [1.165, 1.54) is 12.8 Å². The first-order valence-electron chi connectivity index (χ1n) is 9.63. The quantitative estimate of drug-likeness (QED) is 0.856. The molecule has 146 valence electrons. The standard InChI is InChI=1S/C20H26ClN3O3/c1-23(16-9-14-4-5-15(10-16)22-14)20(26)12-7-19(25)24(11-12)17-8-13(21)3-6-18(17)27-2/h3,6,8,12,14-16,22H,4-5,7,9-11H2,1-2H3. The Bertz CT molecular complexity index is 744. The van der Waals surface area contributed by atoms with E-state index in [9.17, 15) is 9.59 Å². The van der Waals surface area contributed by atoms with Crippen molar-refractivity contribution < 1.29 is 14.3 Å². The number of fused-ring (bicyclic) bond motifs is 2. The lowest BCUT2D eigenvalue weighted by Gasteiger charge is -2.36. The molecule has 1 aromatic carbocycles. The molecule has 3 aliphatic rings. The summed E-state index contributed by atoms with van der Waals surface area (Å²) >= 11 is 6.11. The lowest BCUT2D eigenvalue weighted by atomic mass is 9.97. The maximum Gasteiger partial charge on any atom is 0.228 e. The van der Waals surface area contributed by atoms with Crippen molar-refractivity contribution in [1.29, 1.82) is 0 Å². The third kappa shape index (κ3) is 3.52. The predicted octanol–water partition coefficient (Wildman–Crippen LogP) is 2.44. The van der Waals surface area contributed by atoms with Crippen LogP contribution in [0.2, 0.25) is 5.02 Å². The number of nitrogens with one attached hydrogen (secondary N) is 1. The lowest BCUT2D eigenvalue weighted by Crippen LogP contribution is -2.50. The molecule has 1 aromatic rings. The molecule has 7 heteroatoms. The average Bonchev–Trinajstić information content (AvgIpc) is 3.22. The molecule has 3 fully saturated rings. The van der Waals surface area contributed by atoms with Crippen molar-refractivity contribution in [2.45, 2.75) is 50.2 Å². The number of methoxy groups -OCH3 is 1. The van der Waals surface area contributed by atoms with E-state index in [2.05, 4.69) is 5.32 Å². The predicted molar refractivity (Wildman–Crippen MR) is 104 cm³/mol. The minimum atomic E-state index is -0.321. The number of carbonyl (C=O) groups excluding carboxylic acids is 2. The molecular weight excluding hydrogens is 366 g/mol. The Kier molecular flexibility index (Phi) is 5.03. The number of anilines is 1. The third-order valence-corrected chi connectivity index (χ3v) is 6.48. The number of piperidine rings is 1. The normalized spacial score (nSPS) is 29.9. The number of amides is 2. The molecule has 6 nitrogen and oxygen atoms in total. The molecule has 3 heterocycles.